The van der Waals surface area contributed by atoms with E-state index in [0.29, 0.717) is 19.6 Å². The zero-order valence-corrected chi connectivity index (χ0v) is 10.1. The molecular formula is C12H23NO3. The Morgan fingerprint density at radius 1 is 1.44 bits per heavy atom. The Bertz CT molecular complexity index is 212. The van der Waals surface area contributed by atoms with Crippen molar-refractivity contribution in [2.75, 3.05) is 26.9 Å². The monoisotopic (exact) mass is 229 g/mol. The number of carbonyl (C=O) groups is 1. The third-order valence-corrected chi connectivity index (χ3v) is 3.45. The predicted octanol–water partition coefficient (Wildman–Crippen LogP) is 1.08. The topological polar surface area (TPSA) is 58.6 Å². The molecule has 1 saturated carbocycles. The summed E-state index contributed by atoms with van der Waals surface area (Å²) in [5.41, 5.74) is -0.203. The van der Waals surface area contributed by atoms with Crippen molar-refractivity contribution in [3.63, 3.8) is 0 Å². The number of amides is 1. The van der Waals surface area contributed by atoms with E-state index in [0.717, 1.165) is 32.1 Å². The lowest BCUT2D eigenvalue weighted by molar-refractivity contribution is -0.131. The van der Waals surface area contributed by atoms with Gasteiger partial charge in [-0.3, -0.25) is 4.79 Å². The van der Waals surface area contributed by atoms with Crippen LogP contribution in [0, 0.1) is 5.41 Å². The fourth-order valence-corrected chi connectivity index (χ4v) is 2.41. The number of methoxy groups -OCH3 is 1. The second-order valence-electron chi connectivity index (χ2n) is 4.56. The molecule has 0 atom stereocenters. The van der Waals surface area contributed by atoms with Crippen LogP contribution in [-0.2, 0) is 9.53 Å². The number of ether oxygens (including phenoxy) is 1. The molecule has 1 fully saturated rings. The van der Waals surface area contributed by atoms with E-state index in [2.05, 4.69) is 5.32 Å². The number of aliphatic hydroxyl groups is 1. The van der Waals surface area contributed by atoms with Crippen LogP contribution in [-0.4, -0.2) is 37.9 Å². The molecule has 0 aromatic rings. The maximum atomic E-state index is 12.1. The van der Waals surface area contributed by atoms with Crippen LogP contribution in [0.4, 0.5) is 0 Å². The molecule has 4 heteroatoms. The molecular weight excluding hydrogens is 206 g/mol. The van der Waals surface area contributed by atoms with E-state index in [-0.39, 0.29) is 17.9 Å². The van der Waals surface area contributed by atoms with Gasteiger partial charge in [0.2, 0.25) is 5.91 Å². The lowest BCUT2D eigenvalue weighted by atomic mass is 9.82. The SMILES string of the molecule is COCCC1(C(=O)NCCCO)CCCC1. The Morgan fingerprint density at radius 3 is 2.69 bits per heavy atom. The van der Waals surface area contributed by atoms with Gasteiger partial charge in [-0.05, 0) is 25.7 Å². The van der Waals surface area contributed by atoms with Crippen LogP contribution in [0.15, 0.2) is 0 Å². The molecule has 0 radical (unpaired) electrons. The highest BCUT2D eigenvalue weighted by Crippen LogP contribution is 2.41. The first-order chi connectivity index (χ1) is 7.75. The Morgan fingerprint density at radius 2 is 2.12 bits per heavy atom. The van der Waals surface area contributed by atoms with Crippen molar-refractivity contribution in [1.82, 2.24) is 5.32 Å². The van der Waals surface area contributed by atoms with Gasteiger partial charge in [-0.2, -0.15) is 0 Å². The van der Waals surface area contributed by atoms with E-state index in [1.54, 1.807) is 7.11 Å². The molecule has 0 spiro atoms. The summed E-state index contributed by atoms with van der Waals surface area (Å²) >= 11 is 0. The Labute approximate surface area is 97.4 Å². The fraction of sp³-hybridized carbons (Fsp3) is 0.917. The summed E-state index contributed by atoms with van der Waals surface area (Å²) in [5.74, 6) is 0.149. The van der Waals surface area contributed by atoms with E-state index in [4.69, 9.17) is 9.84 Å². The molecule has 0 heterocycles. The minimum atomic E-state index is -0.203. The minimum absolute atomic E-state index is 0.130. The van der Waals surface area contributed by atoms with Gasteiger partial charge in [-0.25, -0.2) is 0 Å². The summed E-state index contributed by atoms with van der Waals surface area (Å²) in [6, 6.07) is 0. The van der Waals surface area contributed by atoms with Crippen LogP contribution in [0.2, 0.25) is 0 Å². The Kier molecular flexibility index (Phi) is 5.77. The summed E-state index contributed by atoms with van der Waals surface area (Å²) in [4.78, 5) is 12.1. The van der Waals surface area contributed by atoms with Crippen LogP contribution < -0.4 is 5.32 Å². The van der Waals surface area contributed by atoms with Gasteiger partial charge in [0.1, 0.15) is 0 Å². The van der Waals surface area contributed by atoms with E-state index in [1.807, 2.05) is 0 Å². The zero-order chi connectivity index (χ0) is 11.9. The number of rotatable bonds is 7. The van der Waals surface area contributed by atoms with Crippen molar-refractivity contribution in [1.29, 1.82) is 0 Å². The van der Waals surface area contributed by atoms with Gasteiger partial charge in [-0.15, -0.1) is 0 Å². The minimum Gasteiger partial charge on any atom is -0.396 e. The summed E-state index contributed by atoms with van der Waals surface area (Å²) in [6.45, 7) is 1.35. The first-order valence-corrected chi connectivity index (χ1v) is 6.13. The molecule has 1 amide bonds. The summed E-state index contributed by atoms with van der Waals surface area (Å²) in [6.07, 6.45) is 5.66. The van der Waals surface area contributed by atoms with E-state index in [1.165, 1.54) is 0 Å². The van der Waals surface area contributed by atoms with E-state index >= 15 is 0 Å². The summed E-state index contributed by atoms with van der Waals surface area (Å²) in [7, 11) is 1.67. The average Bonchev–Trinajstić information content (AvgIpc) is 2.76. The largest absolute Gasteiger partial charge is 0.396 e. The van der Waals surface area contributed by atoms with Gasteiger partial charge in [0, 0.05) is 26.9 Å². The molecule has 0 aromatic heterocycles. The molecule has 0 aliphatic heterocycles. The van der Waals surface area contributed by atoms with Gasteiger partial charge < -0.3 is 15.2 Å². The van der Waals surface area contributed by atoms with E-state index < -0.39 is 0 Å². The van der Waals surface area contributed by atoms with Crippen molar-refractivity contribution in [2.45, 2.75) is 38.5 Å². The molecule has 94 valence electrons. The lowest BCUT2D eigenvalue weighted by Crippen LogP contribution is -2.40. The predicted molar refractivity (Wildman–Crippen MR) is 62.1 cm³/mol. The van der Waals surface area contributed by atoms with Crippen LogP contribution in [0.5, 0.6) is 0 Å². The number of hydrogen-bond acceptors (Lipinski definition) is 3. The second-order valence-corrected chi connectivity index (χ2v) is 4.56. The van der Waals surface area contributed by atoms with Crippen LogP contribution in [0.25, 0.3) is 0 Å². The molecule has 2 N–H and O–H groups in total. The summed E-state index contributed by atoms with van der Waals surface area (Å²) < 4.78 is 5.08. The summed E-state index contributed by atoms with van der Waals surface area (Å²) in [5, 5.41) is 11.6. The molecule has 0 bridgehead atoms. The maximum Gasteiger partial charge on any atom is 0.226 e. The molecule has 0 unspecified atom stereocenters. The smallest absolute Gasteiger partial charge is 0.226 e. The quantitative estimate of drug-likeness (QED) is 0.642. The maximum absolute atomic E-state index is 12.1. The molecule has 1 rings (SSSR count). The van der Waals surface area contributed by atoms with Crippen molar-refractivity contribution >= 4 is 5.91 Å². The third kappa shape index (κ3) is 3.46. The molecule has 1 aliphatic carbocycles. The van der Waals surface area contributed by atoms with Gasteiger partial charge in [0.25, 0.3) is 0 Å². The standard InChI is InChI=1S/C12H23NO3/c1-16-10-7-12(5-2-3-6-12)11(15)13-8-4-9-14/h14H,2-10H2,1H3,(H,13,15). The highest BCUT2D eigenvalue weighted by Gasteiger charge is 2.40. The molecule has 0 saturated heterocycles. The third-order valence-electron chi connectivity index (χ3n) is 3.45. The van der Waals surface area contributed by atoms with Gasteiger partial charge in [0.15, 0.2) is 0 Å². The number of aliphatic hydroxyl groups excluding tert-OH is 1. The van der Waals surface area contributed by atoms with Crippen molar-refractivity contribution in [2.24, 2.45) is 5.41 Å². The van der Waals surface area contributed by atoms with Crippen LogP contribution in [0.1, 0.15) is 38.5 Å². The van der Waals surface area contributed by atoms with Crippen LogP contribution in [0.3, 0.4) is 0 Å². The lowest BCUT2D eigenvalue weighted by Gasteiger charge is -2.27. The number of nitrogens with one attached hydrogen (secondary N) is 1. The normalized spacial score (nSPS) is 18.6. The molecule has 1 aliphatic rings. The van der Waals surface area contributed by atoms with Gasteiger partial charge in [-0.1, -0.05) is 12.8 Å². The first kappa shape index (κ1) is 13.5. The molecule has 0 aromatic carbocycles. The Hall–Kier alpha value is -0.610. The average molecular weight is 229 g/mol. The number of hydrogen-bond donors (Lipinski definition) is 2. The van der Waals surface area contributed by atoms with Crippen LogP contribution >= 0.6 is 0 Å². The second kappa shape index (κ2) is 6.86. The van der Waals surface area contributed by atoms with Crippen molar-refractivity contribution < 1.29 is 14.6 Å². The van der Waals surface area contributed by atoms with Gasteiger partial charge in [0.05, 0.1) is 5.41 Å². The number of carbonyl (C=O) groups excluding carboxylic acids is 1. The highest BCUT2D eigenvalue weighted by molar-refractivity contribution is 5.82. The molecule has 16 heavy (non-hydrogen) atoms. The van der Waals surface area contributed by atoms with Gasteiger partial charge >= 0.3 is 0 Å². The molecule has 4 nitrogen and oxygen atoms in total. The first-order valence-electron chi connectivity index (χ1n) is 6.13. The van der Waals surface area contributed by atoms with Crippen molar-refractivity contribution in [3.8, 4) is 0 Å². The Balaban J connectivity index is 2.44. The van der Waals surface area contributed by atoms with Crippen molar-refractivity contribution in [3.05, 3.63) is 0 Å². The van der Waals surface area contributed by atoms with E-state index in [9.17, 15) is 4.79 Å². The zero-order valence-electron chi connectivity index (χ0n) is 10.1. The fourth-order valence-electron chi connectivity index (χ4n) is 2.41. The highest BCUT2D eigenvalue weighted by atomic mass is 16.5.